The summed E-state index contributed by atoms with van der Waals surface area (Å²) in [5, 5.41) is 22.6. The molecule has 9 nitrogen and oxygen atoms in total. The first kappa shape index (κ1) is 54.0. The Morgan fingerprint density at radius 1 is 0.552 bits per heavy atom. The number of allylic oxidation sites excluding steroid dienone is 13. The van der Waals surface area contributed by atoms with E-state index in [0.29, 0.717) is 25.7 Å². The van der Waals surface area contributed by atoms with Crippen molar-refractivity contribution in [1.82, 2.24) is 10.6 Å². The summed E-state index contributed by atoms with van der Waals surface area (Å²) in [5.41, 5.74) is 0. The smallest absolute Gasteiger partial charge is 0.328 e. The number of carbonyl (C=O) groups is 4. The minimum absolute atomic E-state index is 0.177. The molecular formula is C49H80N2O7. The van der Waals surface area contributed by atoms with Crippen LogP contribution >= 0.6 is 0 Å². The molecule has 9 heteroatoms. The topological polar surface area (TPSA) is 142 Å². The van der Waals surface area contributed by atoms with Gasteiger partial charge in [0.1, 0.15) is 12.1 Å². The second kappa shape index (κ2) is 42.6. The van der Waals surface area contributed by atoms with Gasteiger partial charge in [-0.15, -0.1) is 0 Å². The van der Waals surface area contributed by atoms with E-state index in [1.54, 1.807) is 0 Å². The van der Waals surface area contributed by atoms with Crippen LogP contribution in [0.2, 0.25) is 0 Å². The Morgan fingerprint density at radius 3 is 1.57 bits per heavy atom. The van der Waals surface area contributed by atoms with Crippen LogP contribution in [0.3, 0.4) is 0 Å². The van der Waals surface area contributed by atoms with Crippen LogP contribution in [0.25, 0.3) is 0 Å². The van der Waals surface area contributed by atoms with Crippen molar-refractivity contribution in [2.24, 2.45) is 0 Å². The zero-order valence-corrected chi connectivity index (χ0v) is 36.3. The van der Waals surface area contributed by atoms with Gasteiger partial charge in [0.25, 0.3) is 0 Å². The van der Waals surface area contributed by atoms with Gasteiger partial charge in [0.2, 0.25) is 11.8 Å². The van der Waals surface area contributed by atoms with E-state index in [9.17, 15) is 19.2 Å². The van der Waals surface area contributed by atoms with Gasteiger partial charge in [0.15, 0.2) is 0 Å². The number of carboxylic acid groups (broad SMARTS) is 1. The number of ether oxygens (including phenoxy) is 1. The maximum Gasteiger partial charge on any atom is 0.328 e. The monoisotopic (exact) mass is 809 g/mol. The third kappa shape index (κ3) is 38.9. The standard InChI is InChI=1S/C49H80N2O7/c1-3-5-7-9-11-13-15-17-19-20-21-22-23-25-27-29-31-33-35-41-48(55)58-44(38-34-32-30-28-26-24-18-16-14-12-10-8-6-4-2)39-36-37-40-46(53)50-42-47(54)51-45(43-52)49(56)57/h6,8,11-14,17-19,24,28,30,34,38,44-45,52H,3-5,7,9-10,15-16,20-23,25-27,29,31-33,35-37,39-43H2,1-2H3,(H,50,53)(H,51,54)(H,56,57)/b8-6-,13-11-,14-12-,19-17-,24-18-,30-28-,38-34-. The predicted octanol–water partition coefficient (Wildman–Crippen LogP) is 11.3. The fourth-order valence-electron chi connectivity index (χ4n) is 5.92. The van der Waals surface area contributed by atoms with E-state index >= 15 is 0 Å². The van der Waals surface area contributed by atoms with Crippen molar-refractivity contribution < 1.29 is 34.1 Å². The number of aliphatic hydroxyl groups excluding tert-OH is 1. The molecule has 0 aromatic carbocycles. The van der Waals surface area contributed by atoms with Crippen LogP contribution in [0.4, 0.5) is 0 Å². The number of hydrogen-bond donors (Lipinski definition) is 4. The van der Waals surface area contributed by atoms with E-state index in [2.05, 4.69) is 97.4 Å². The fourth-order valence-corrected chi connectivity index (χ4v) is 5.92. The van der Waals surface area contributed by atoms with Crippen LogP contribution in [-0.4, -0.2) is 59.3 Å². The van der Waals surface area contributed by atoms with Crippen molar-refractivity contribution in [3.05, 3.63) is 85.1 Å². The van der Waals surface area contributed by atoms with E-state index < -0.39 is 24.5 Å². The third-order valence-electron chi connectivity index (χ3n) is 9.36. The number of carbonyl (C=O) groups excluding carboxylic acids is 3. The highest BCUT2D eigenvalue weighted by Crippen LogP contribution is 2.14. The van der Waals surface area contributed by atoms with Gasteiger partial charge in [0.05, 0.1) is 13.2 Å². The van der Waals surface area contributed by atoms with E-state index in [-0.39, 0.29) is 30.9 Å². The number of hydrogen-bond acceptors (Lipinski definition) is 6. The van der Waals surface area contributed by atoms with E-state index in [4.69, 9.17) is 14.9 Å². The summed E-state index contributed by atoms with van der Waals surface area (Å²) in [5.74, 6) is -2.59. The van der Waals surface area contributed by atoms with Crippen molar-refractivity contribution in [2.75, 3.05) is 13.2 Å². The Bertz CT molecular complexity index is 1250. The molecule has 0 fully saturated rings. The van der Waals surface area contributed by atoms with Gasteiger partial charge in [-0.25, -0.2) is 4.79 Å². The fraction of sp³-hybridized carbons (Fsp3) is 0.633. The minimum atomic E-state index is -1.42. The van der Waals surface area contributed by atoms with Crippen LogP contribution < -0.4 is 10.6 Å². The molecule has 328 valence electrons. The van der Waals surface area contributed by atoms with Gasteiger partial charge >= 0.3 is 11.9 Å². The Balaban J connectivity index is 4.49. The number of aliphatic carboxylic acids is 1. The quantitative estimate of drug-likeness (QED) is 0.0275. The van der Waals surface area contributed by atoms with Gasteiger partial charge in [-0.1, -0.05) is 151 Å². The molecule has 0 bridgehead atoms. The summed E-state index contributed by atoms with van der Waals surface area (Å²) >= 11 is 0. The van der Waals surface area contributed by atoms with Gasteiger partial charge in [0, 0.05) is 12.8 Å². The van der Waals surface area contributed by atoms with Crippen LogP contribution in [-0.2, 0) is 23.9 Å². The molecule has 0 rings (SSSR count). The number of carboxylic acids is 1. The van der Waals surface area contributed by atoms with E-state index in [1.807, 2.05) is 12.2 Å². The van der Waals surface area contributed by atoms with Gasteiger partial charge in [-0.05, 0) is 96.0 Å². The van der Waals surface area contributed by atoms with Crippen LogP contribution in [0.15, 0.2) is 85.1 Å². The molecule has 2 atom stereocenters. The summed E-state index contributed by atoms with van der Waals surface area (Å²) in [6.45, 7) is 3.26. The van der Waals surface area contributed by atoms with Crippen molar-refractivity contribution in [3.8, 4) is 0 Å². The maximum absolute atomic E-state index is 12.8. The van der Waals surface area contributed by atoms with Crippen molar-refractivity contribution in [1.29, 1.82) is 0 Å². The van der Waals surface area contributed by atoms with E-state index in [1.165, 1.54) is 70.6 Å². The summed E-state index contributed by atoms with van der Waals surface area (Å²) in [4.78, 5) is 47.9. The number of aliphatic hydroxyl groups is 1. The Hall–Kier alpha value is -3.98. The number of amides is 2. The predicted molar refractivity (Wildman–Crippen MR) is 240 cm³/mol. The van der Waals surface area contributed by atoms with Crippen LogP contribution in [0, 0.1) is 0 Å². The lowest BCUT2D eigenvalue weighted by Gasteiger charge is -2.15. The molecule has 0 radical (unpaired) electrons. The SMILES string of the molecule is CC/C=C\C/C=C\C/C=C\C/C=C\C/C=C\C(CCCCC(=O)NCC(=O)NC(CO)C(=O)O)OC(=O)CCCCCCCCCCC/C=C\C/C=C\CCCCC. The first-order valence-electron chi connectivity index (χ1n) is 22.5. The molecule has 2 amide bonds. The molecule has 0 aromatic rings. The average molecular weight is 809 g/mol. The maximum atomic E-state index is 12.8. The summed E-state index contributed by atoms with van der Waals surface area (Å²) in [6, 6.07) is -1.42. The first-order valence-corrected chi connectivity index (χ1v) is 22.5. The van der Waals surface area contributed by atoms with Crippen molar-refractivity contribution in [2.45, 2.75) is 187 Å². The number of esters is 1. The largest absolute Gasteiger partial charge is 0.480 e. The molecule has 4 N–H and O–H groups in total. The minimum Gasteiger partial charge on any atom is -0.480 e. The number of rotatable bonds is 39. The molecule has 0 aliphatic carbocycles. The van der Waals surface area contributed by atoms with Gasteiger partial charge in [-0.3, -0.25) is 14.4 Å². The summed E-state index contributed by atoms with van der Waals surface area (Å²) < 4.78 is 5.85. The highest BCUT2D eigenvalue weighted by Gasteiger charge is 2.19. The van der Waals surface area contributed by atoms with Crippen molar-refractivity contribution in [3.63, 3.8) is 0 Å². The molecule has 0 aromatic heterocycles. The lowest BCUT2D eigenvalue weighted by atomic mass is 10.1. The Labute approximate surface area is 352 Å². The van der Waals surface area contributed by atoms with Gasteiger partial charge in [-0.2, -0.15) is 0 Å². The summed E-state index contributed by atoms with van der Waals surface area (Å²) in [7, 11) is 0. The Morgan fingerprint density at radius 2 is 1.03 bits per heavy atom. The first-order chi connectivity index (χ1) is 28.3. The number of nitrogens with one attached hydrogen (secondary N) is 2. The van der Waals surface area contributed by atoms with Crippen LogP contribution in [0.1, 0.15) is 174 Å². The van der Waals surface area contributed by atoms with E-state index in [0.717, 1.165) is 57.8 Å². The van der Waals surface area contributed by atoms with Crippen LogP contribution in [0.5, 0.6) is 0 Å². The lowest BCUT2D eigenvalue weighted by Crippen LogP contribution is -2.47. The molecule has 0 saturated heterocycles. The molecule has 0 spiro atoms. The zero-order valence-electron chi connectivity index (χ0n) is 36.3. The third-order valence-corrected chi connectivity index (χ3v) is 9.36. The summed E-state index contributed by atoms with van der Waals surface area (Å²) in [6.07, 6.45) is 54.7. The second-order valence-corrected chi connectivity index (χ2v) is 14.8. The normalized spacial score (nSPS) is 13.3. The lowest BCUT2D eigenvalue weighted by molar-refractivity contribution is -0.147. The highest BCUT2D eigenvalue weighted by atomic mass is 16.5. The average Bonchev–Trinajstić information content (AvgIpc) is 3.21. The Kier molecular flexibility index (Phi) is 39.7. The molecule has 58 heavy (non-hydrogen) atoms. The molecule has 0 heterocycles. The highest BCUT2D eigenvalue weighted by molar-refractivity contribution is 5.87. The molecule has 2 unspecified atom stereocenters. The molecular weight excluding hydrogens is 729 g/mol. The second-order valence-electron chi connectivity index (χ2n) is 14.8. The van der Waals surface area contributed by atoms with Crippen molar-refractivity contribution >= 4 is 23.8 Å². The molecule has 0 aliphatic rings. The molecule has 0 saturated carbocycles. The zero-order chi connectivity index (χ0) is 42.6. The van der Waals surface area contributed by atoms with Gasteiger partial charge < -0.3 is 25.6 Å². The molecule has 0 aliphatic heterocycles. The number of unbranched alkanes of at least 4 members (excludes halogenated alkanes) is 13.